The zero-order valence-electron chi connectivity index (χ0n) is 10.5. The molecule has 0 saturated heterocycles. The normalized spacial score (nSPS) is 9.80. The third-order valence-electron chi connectivity index (χ3n) is 2.77. The Morgan fingerprint density at radius 2 is 2.10 bits per heavy atom. The number of benzene rings is 2. The van der Waals surface area contributed by atoms with Gasteiger partial charge in [-0.05, 0) is 25.1 Å². The molecule has 0 amide bonds. The molecule has 20 heavy (non-hydrogen) atoms. The fraction of sp³-hybridized carbons (Fsp3) is 0.0714. The summed E-state index contributed by atoms with van der Waals surface area (Å²) in [5.74, 6) is 0.800. The summed E-state index contributed by atoms with van der Waals surface area (Å²) in [5.41, 5.74) is 0.196. The molecule has 0 bridgehead atoms. The molecule has 0 heterocycles. The number of rotatable bonds is 3. The van der Waals surface area contributed by atoms with Crippen molar-refractivity contribution in [3.8, 4) is 23.3 Å². The molecule has 0 radical (unpaired) electrons. The van der Waals surface area contributed by atoms with E-state index >= 15 is 0 Å². The molecule has 6 heteroatoms. The summed E-state index contributed by atoms with van der Waals surface area (Å²) in [6.45, 7) is 1.68. The maximum absolute atomic E-state index is 10.7. The van der Waals surface area contributed by atoms with E-state index in [4.69, 9.17) is 10.00 Å². The lowest BCUT2D eigenvalue weighted by Crippen LogP contribution is -1.94. The molecular weight excluding hydrogens is 260 g/mol. The van der Waals surface area contributed by atoms with Gasteiger partial charge in [-0.1, -0.05) is 6.07 Å². The monoisotopic (exact) mass is 270 g/mol. The predicted molar refractivity (Wildman–Crippen MR) is 70.7 cm³/mol. The van der Waals surface area contributed by atoms with Crippen molar-refractivity contribution >= 4 is 5.69 Å². The number of hydrogen-bond donors (Lipinski definition) is 1. The van der Waals surface area contributed by atoms with Gasteiger partial charge in [-0.3, -0.25) is 10.1 Å². The van der Waals surface area contributed by atoms with Crippen molar-refractivity contribution in [1.29, 1.82) is 5.26 Å². The average molecular weight is 270 g/mol. The van der Waals surface area contributed by atoms with E-state index in [1.165, 1.54) is 24.3 Å². The van der Waals surface area contributed by atoms with Gasteiger partial charge in [0.1, 0.15) is 28.9 Å². The number of phenolic OH excluding ortho intramolecular Hbond substituents is 1. The highest BCUT2D eigenvalue weighted by molar-refractivity contribution is 5.53. The number of ether oxygens (including phenoxy) is 1. The average Bonchev–Trinajstić information content (AvgIpc) is 2.43. The van der Waals surface area contributed by atoms with Crippen molar-refractivity contribution in [3.63, 3.8) is 0 Å². The maximum atomic E-state index is 10.7. The number of aromatic hydroxyl groups is 1. The van der Waals surface area contributed by atoms with Crippen molar-refractivity contribution in [3.05, 3.63) is 57.6 Å². The van der Waals surface area contributed by atoms with Crippen LogP contribution in [0.1, 0.15) is 11.1 Å². The quantitative estimate of drug-likeness (QED) is 0.681. The molecule has 0 saturated carbocycles. The highest BCUT2D eigenvalue weighted by atomic mass is 16.6. The maximum Gasteiger partial charge on any atom is 0.287 e. The molecule has 6 nitrogen and oxygen atoms in total. The van der Waals surface area contributed by atoms with Crippen molar-refractivity contribution in [2.24, 2.45) is 0 Å². The van der Waals surface area contributed by atoms with Crippen LogP contribution in [-0.2, 0) is 0 Å². The van der Waals surface area contributed by atoms with Crippen molar-refractivity contribution in [2.75, 3.05) is 0 Å². The summed E-state index contributed by atoms with van der Waals surface area (Å²) in [6.07, 6.45) is 0. The first-order chi connectivity index (χ1) is 9.52. The fourth-order valence-corrected chi connectivity index (χ4v) is 1.67. The highest BCUT2D eigenvalue weighted by Gasteiger charge is 2.15. The van der Waals surface area contributed by atoms with Crippen LogP contribution in [0.5, 0.6) is 17.2 Å². The second kappa shape index (κ2) is 5.28. The van der Waals surface area contributed by atoms with E-state index in [0.29, 0.717) is 17.1 Å². The standard InChI is InChI=1S/C14H10N2O4/c1-9-13(17)3-2-4-14(9)20-11-5-6-12(16(18)19)10(7-11)8-15/h2-7,17H,1H3. The van der Waals surface area contributed by atoms with Gasteiger partial charge in [-0.25, -0.2) is 0 Å². The van der Waals surface area contributed by atoms with Crippen LogP contribution in [0.25, 0.3) is 0 Å². The minimum atomic E-state index is -0.623. The first kappa shape index (κ1) is 13.4. The molecule has 2 aromatic rings. The van der Waals surface area contributed by atoms with E-state index < -0.39 is 4.92 Å². The fourth-order valence-electron chi connectivity index (χ4n) is 1.67. The minimum Gasteiger partial charge on any atom is -0.508 e. The first-order valence-corrected chi connectivity index (χ1v) is 5.68. The largest absolute Gasteiger partial charge is 0.508 e. The SMILES string of the molecule is Cc1c(O)cccc1Oc1ccc([N+](=O)[O-])c(C#N)c1. The zero-order chi connectivity index (χ0) is 14.7. The van der Waals surface area contributed by atoms with Gasteiger partial charge in [0, 0.05) is 17.7 Å². The molecule has 0 fully saturated rings. The molecule has 0 aromatic heterocycles. The van der Waals surface area contributed by atoms with Gasteiger partial charge in [-0.15, -0.1) is 0 Å². The lowest BCUT2D eigenvalue weighted by molar-refractivity contribution is -0.385. The Morgan fingerprint density at radius 1 is 1.35 bits per heavy atom. The van der Waals surface area contributed by atoms with Gasteiger partial charge in [-0.2, -0.15) is 5.26 Å². The Bertz CT molecular complexity index is 720. The van der Waals surface area contributed by atoms with Crippen LogP contribution in [-0.4, -0.2) is 10.0 Å². The summed E-state index contributed by atoms with van der Waals surface area (Å²) in [7, 11) is 0. The Hall–Kier alpha value is -3.07. The Kier molecular flexibility index (Phi) is 3.53. The van der Waals surface area contributed by atoms with E-state index in [-0.39, 0.29) is 17.0 Å². The Morgan fingerprint density at radius 3 is 2.75 bits per heavy atom. The number of phenols is 1. The van der Waals surface area contributed by atoms with Crippen LogP contribution in [0.3, 0.4) is 0 Å². The molecule has 2 rings (SSSR count). The topological polar surface area (TPSA) is 96.4 Å². The van der Waals surface area contributed by atoms with Crippen LogP contribution in [0, 0.1) is 28.4 Å². The van der Waals surface area contributed by atoms with Gasteiger partial charge in [0.05, 0.1) is 4.92 Å². The minimum absolute atomic E-state index is 0.0784. The molecule has 0 spiro atoms. The molecule has 0 aliphatic heterocycles. The molecule has 0 unspecified atom stereocenters. The van der Waals surface area contributed by atoms with E-state index in [1.54, 1.807) is 25.1 Å². The van der Waals surface area contributed by atoms with Gasteiger partial charge in [0.2, 0.25) is 0 Å². The van der Waals surface area contributed by atoms with Crippen molar-refractivity contribution in [2.45, 2.75) is 6.92 Å². The van der Waals surface area contributed by atoms with Crippen LogP contribution >= 0.6 is 0 Å². The molecule has 0 aliphatic rings. The van der Waals surface area contributed by atoms with Gasteiger partial charge >= 0.3 is 0 Å². The van der Waals surface area contributed by atoms with E-state index in [2.05, 4.69) is 0 Å². The molecule has 0 aliphatic carbocycles. The number of nitro groups is 1. The summed E-state index contributed by atoms with van der Waals surface area (Å²) in [4.78, 5) is 10.1. The lowest BCUT2D eigenvalue weighted by atomic mass is 10.2. The Balaban J connectivity index is 2.38. The van der Waals surface area contributed by atoms with E-state index in [1.807, 2.05) is 0 Å². The van der Waals surface area contributed by atoms with Crippen LogP contribution in [0.15, 0.2) is 36.4 Å². The third-order valence-corrected chi connectivity index (χ3v) is 2.77. The molecule has 1 N–H and O–H groups in total. The third kappa shape index (κ3) is 2.52. The summed E-state index contributed by atoms with van der Waals surface area (Å²) in [6, 6.07) is 10.5. The second-order valence-electron chi connectivity index (χ2n) is 4.05. The van der Waals surface area contributed by atoms with Crippen molar-refractivity contribution < 1.29 is 14.8 Å². The zero-order valence-corrected chi connectivity index (χ0v) is 10.5. The summed E-state index contributed by atoms with van der Waals surface area (Å²) >= 11 is 0. The van der Waals surface area contributed by atoms with Crippen molar-refractivity contribution in [1.82, 2.24) is 0 Å². The Labute approximate surface area is 114 Å². The van der Waals surface area contributed by atoms with E-state index in [0.717, 1.165) is 0 Å². The summed E-state index contributed by atoms with van der Waals surface area (Å²) < 4.78 is 5.53. The number of nitriles is 1. The van der Waals surface area contributed by atoms with Gasteiger partial charge in [0.15, 0.2) is 0 Å². The van der Waals surface area contributed by atoms with Gasteiger partial charge in [0.25, 0.3) is 5.69 Å². The van der Waals surface area contributed by atoms with Gasteiger partial charge < -0.3 is 9.84 Å². The summed E-state index contributed by atoms with van der Waals surface area (Å²) in [5, 5.41) is 29.2. The molecular formula is C14H10N2O4. The molecule has 100 valence electrons. The lowest BCUT2D eigenvalue weighted by Gasteiger charge is -2.09. The smallest absolute Gasteiger partial charge is 0.287 e. The van der Waals surface area contributed by atoms with Crippen LogP contribution < -0.4 is 4.74 Å². The highest BCUT2D eigenvalue weighted by Crippen LogP contribution is 2.32. The predicted octanol–water partition coefficient (Wildman–Crippen LogP) is 3.27. The molecule has 0 atom stereocenters. The van der Waals surface area contributed by atoms with Crippen LogP contribution in [0.4, 0.5) is 5.69 Å². The van der Waals surface area contributed by atoms with E-state index in [9.17, 15) is 15.2 Å². The molecule has 2 aromatic carbocycles. The second-order valence-corrected chi connectivity index (χ2v) is 4.05. The van der Waals surface area contributed by atoms with Crippen LogP contribution in [0.2, 0.25) is 0 Å². The first-order valence-electron chi connectivity index (χ1n) is 5.68. The number of hydrogen-bond acceptors (Lipinski definition) is 5. The number of nitrogens with zero attached hydrogens (tertiary/aromatic N) is 2. The number of nitro benzene ring substituents is 1.